The molecular formula is C19H15ClN6O3. The fraction of sp³-hybridized carbons (Fsp3) is 0.105. The third kappa shape index (κ3) is 3.94. The molecule has 3 heterocycles. The highest BCUT2D eigenvalue weighted by Gasteiger charge is 2.14. The van der Waals surface area contributed by atoms with Crippen LogP contribution in [0.3, 0.4) is 0 Å². The summed E-state index contributed by atoms with van der Waals surface area (Å²) < 4.78 is 7.57. The molecule has 0 saturated carbocycles. The lowest BCUT2D eigenvalue weighted by Gasteiger charge is -2.08. The van der Waals surface area contributed by atoms with Crippen molar-refractivity contribution in [2.45, 2.75) is 13.5 Å². The number of nitrogens with zero attached hydrogens (tertiary/aromatic N) is 5. The molecule has 0 saturated heterocycles. The van der Waals surface area contributed by atoms with Gasteiger partial charge in [0.1, 0.15) is 6.54 Å². The van der Waals surface area contributed by atoms with Gasteiger partial charge in [-0.1, -0.05) is 35.0 Å². The summed E-state index contributed by atoms with van der Waals surface area (Å²) in [6.45, 7) is 1.49. The first-order chi connectivity index (χ1) is 14.0. The Morgan fingerprint density at radius 1 is 1.21 bits per heavy atom. The van der Waals surface area contributed by atoms with E-state index >= 15 is 0 Å². The standard InChI is InChI=1S/C19H15ClN6O3/c1-12-10-25(15-8-21-22-9-15)19(28)26(18(12)27)11-17-23-16(24-29-17)7-4-13-2-5-14(20)6-3-13/h2-10H,11H2,1H3,(H,21,22)/b7-4+. The van der Waals surface area contributed by atoms with Crippen LogP contribution in [0.4, 0.5) is 0 Å². The number of hydrogen-bond acceptors (Lipinski definition) is 6. The summed E-state index contributed by atoms with van der Waals surface area (Å²) in [6.07, 6.45) is 7.98. The van der Waals surface area contributed by atoms with E-state index in [1.807, 2.05) is 12.1 Å². The molecule has 4 aromatic rings. The maximum absolute atomic E-state index is 12.8. The Morgan fingerprint density at radius 3 is 2.72 bits per heavy atom. The molecule has 0 aliphatic rings. The van der Waals surface area contributed by atoms with Crippen LogP contribution in [0.1, 0.15) is 22.8 Å². The zero-order valence-corrected chi connectivity index (χ0v) is 16.0. The molecule has 0 atom stereocenters. The lowest BCUT2D eigenvalue weighted by Crippen LogP contribution is -2.40. The van der Waals surface area contributed by atoms with Crippen LogP contribution in [0.25, 0.3) is 17.8 Å². The van der Waals surface area contributed by atoms with Gasteiger partial charge in [0.2, 0.25) is 5.89 Å². The minimum Gasteiger partial charge on any atom is -0.337 e. The Morgan fingerprint density at radius 2 is 2.00 bits per heavy atom. The SMILES string of the molecule is Cc1cn(-c2cn[nH]c2)c(=O)n(Cc2nc(/C=C/c3ccc(Cl)cc3)no2)c1=O. The van der Waals surface area contributed by atoms with E-state index in [1.54, 1.807) is 37.4 Å². The third-order valence-corrected chi connectivity index (χ3v) is 4.43. The highest BCUT2D eigenvalue weighted by Crippen LogP contribution is 2.12. The van der Waals surface area contributed by atoms with Crippen LogP contribution < -0.4 is 11.2 Å². The number of nitrogens with one attached hydrogen (secondary N) is 1. The van der Waals surface area contributed by atoms with Gasteiger partial charge in [-0.15, -0.1) is 0 Å². The highest BCUT2D eigenvalue weighted by molar-refractivity contribution is 6.30. The van der Waals surface area contributed by atoms with E-state index in [-0.39, 0.29) is 12.4 Å². The van der Waals surface area contributed by atoms with E-state index in [0.717, 1.165) is 10.1 Å². The summed E-state index contributed by atoms with van der Waals surface area (Å²) in [7, 11) is 0. The minimum atomic E-state index is -0.529. The van der Waals surface area contributed by atoms with E-state index in [1.165, 1.54) is 17.0 Å². The largest absolute Gasteiger partial charge is 0.337 e. The predicted octanol–water partition coefficient (Wildman–Crippen LogP) is 2.29. The molecule has 0 aliphatic carbocycles. The quantitative estimate of drug-likeness (QED) is 0.540. The third-order valence-electron chi connectivity index (χ3n) is 4.18. The van der Waals surface area contributed by atoms with Gasteiger partial charge >= 0.3 is 5.69 Å². The zero-order valence-electron chi connectivity index (χ0n) is 15.2. The smallest absolute Gasteiger partial charge is 0.336 e. The van der Waals surface area contributed by atoms with Crippen LogP contribution in [-0.4, -0.2) is 29.5 Å². The molecular weight excluding hydrogens is 396 g/mol. The average molecular weight is 411 g/mol. The number of aryl methyl sites for hydroxylation is 1. The molecule has 0 aliphatic heterocycles. The predicted molar refractivity (Wildman–Crippen MR) is 107 cm³/mol. The van der Waals surface area contributed by atoms with Crippen molar-refractivity contribution in [1.82, 2.24) is 29.5 Å². The second-order valence-electron chi connectivity index (χ2n) is 6.24. The van der Waals surface area contributed by atoms with E-state index in [0.29, 0.717) is 22.1 Å². The van der Waals surface area contributed by atoms with Crippen LogP contribution in [0.5, 0.6) is 0 Å². The molecule has 3 aromatic heterocycles. The van der Waals surface area contributed by atoms with Crippen LogP contribution in [-0.2, 0) is 6.54 Å². The van der Waals surface area contributed by atoms with Crippen molar-refractivity contribution < 1.29 is 4.52 Å². The molecule has 0 bridgehead atoms. The van der Waals surface area contributed by atoms with Crippen molar-refractivity contribution in [2.24, 2.45) is 0 Å². The molecule has 29 heavy (non-hydrogen) atoms. The molecule has 146 valence electrons. The van der Waals surface area contributed by atoms with E-state index in [4.69, 9.17) is 16.1 Å². The van der Waals surface area contributed by atoms with Gasteiger partial charge in [-0.05, 0) is 30.7 Å². The molecule has 10 heteroatoms. The molecule has 1 aromatic carbocycles. The molecule has 0 fully saturated rings. The monoisotopic (exact) mass is 410 g/mol. The number of aromatic nitrogens is 6. The molecule has 4 rings (SSSR count). The van der Waals surface area contributed by atoms with Gasteiger partial charge in [0.25, 0.3) is 5.56 Å². The van der Waals surface area contributed by atoms with Crippen molar-refractivity contribution >= 4 is 23.8 Å². The van der Waals surface area contributed by atoms with E-state index in [2.05, 4.69) is 20.3 Å². The van der Waals surface area contributed by atoms with Crippen LogP contribution >= 0.6 is 11.6 Å². The number of H-pyrrole nitrogens is 1. The summed E-state index contributed by atoms with van der Waals surface area (Å²) in [6, 6.07) is 7.26. The van der Waals surface area contributed by atoms with E-state index in [9.17, 15) is 9.59 Å². The van der Waals surface area contributed by atoms with Gasteiger partial charge in [-0.25, -0.2) is 4.79 Å². The van der Waals surface area contributed by atoms with Gasteiger partial charge in [0.05, 0.1) is 11.9 Å². The maximum Gasteiger partial charge on any atom is 0.336 e. The van der Waals surface area contributed by atoms with E-state index < -0.39 is 11.2 Å². The normalized spacial score (nSPS) is 11.4. The second kappa shape index (κ2) is 7.72. The lowest BCUT2D eigenvalue weighted by atomic mass is 10.2. The minimum absolute atomic E-state index is 0.140. The summed E-state index contributed by atoms with van der Waals surface area (Å²) in [5.41, 5.74) is 0.875. The molecule has 0 radical (unpaired) electrons. The van der Waals surface area contributed by atoms with Crippen LogP contribution in [0, 0.1) is 6.92 Å². The first-order valence-electron chi connectivity index (χ1n) is 8.60. The molecule has 9 nitrogen and oxygen atoms in total. The number of aromatic amines is 1. The maximum atomic E-state index is 12.8. The topological polar surface area (TPSA) is 112 Å². The fourth-order valence-corrected chi connectivity index (χ4v) is 2.84. The number of benzene rings is 1. The summed E-state index contributed by atoms with van der Waals surface area (Å²) in [4.78, 5) is 29.5. The van der Waals surface area contributed by atoms with Gasteiger partial charge < -0.3 is 4.52 Å². The first kappa shape index (κ1) is 18.6. The number of rotatable bonds is 5. The zero-order chi connectivity index (χ0) is 20.4. The van der Waals surface area contributed by atoms with Crippen molar-refractivity contribution in [3.05, 3.63) is 91.6 Å². The van der Waals surface area contributed by atoms with Crippen LogP contribution in [0.15, 0.2) is 57.0 Å². The Balaban J connectivity index is 1.61. The van der Waals surface area contributed by atoms with Crippen molar-refractivity contribution in [3.63, 3.8) is 0 Å². The molecule has 0 unspecified atom stereocenters. The van der Waals surface area contributed by atoms with Gasteiger partial charge in [-0.3, -0.25) is 19.0 Å². The molecule has 0 spiro atoms. The van der Waals surface area contributed by atoms with Crippen molar-refractivity contribution in [1.29, 1.82) is 0 Å². The molecule has 0 amide bonds. The van der Waals surface area contributed by atoms with Crippen molar-refractivity contribution in [2.75, 3.05) is 0 Å². The first-order valence-corrected chi connectivity index (χ1v) is 8.97. The van der Waals surface area contributed by atoms with Crippen LogP contribution in [0.2, 0.25) is 5.02 Å². The van der Waals surface area contributed by atoms with Gasteiger partial charge in [-0.2, -0.15) is 10.1 Å². The lowest BCUT2D eigenvalue weighted by molar-refractivity contribution is 0.365. The van der Waals surface area contributed by atoms with Gasteiger partial charge in [0.15, 0.2) is 5.82 Å². The fourth-order valence-electron chi connectivity index (χ4n) is 2.71. The summed E-state index contributed by atoms with van der Waals surface area (Å²) in [5.74, 6) is 0.468. The number of halogens is 1. The number of hydrogen-bond donors (Lipinski definition) is 1. The summed E-state index contributed by atoms with van der Waals surface area (Å²) in [5, 5.41) is 11.0. The average Bonchev–Trinajstić information content (AvgIpc) is 3.40. The van der Waals surface area contributed by atoms with Gasteiger partial charge in [0, 0.05) is 23.0 Å². The Hall–Kier alpha value is -3.72. The molecule has 1 N–H and O–H groups in total. The Bertz CT molecular complexity index is 1280. The highest BCUT2D eigenvalue weighted by atomic mass is 35.5. The summed E-state index contributed by atoms with van der Waals surface area (Å²) >= 11 is 5.87. The Labute approximate surface area is 168 Å². The van der Waals surface area contributed by atoms with Crippen molar-refractivity contribution in [3.8, 4) is 5.69 Å². The Kier molecular flexibility index (Phi) is 4.96. The second-order valence-corrected chi connectivity index (χ2v) is 6.68.